The van der Waals surface area contributed by atoms with Gasteiger partial charge in [-0.15, -0.1) is 0 Å². The van der Waals surface area contributed by atoms with Crippen LogP contribution in [0.2, 0.25) is 0 Å². The molecule has 12 heavy (non-hydrogen) atoms. The summed E-state index contributed by atoms with van der Waals surface area (Å²) in [5, 5.41) is 9.26. The van der Waals surface area contributed by atoms with Gasteiger partial charge in [-0.05, 0) is 18.1 Å². The molecule has 0 radical (unpaired) electrons. The minimum absolute atomic E-state index is 0.139. The van der Waals surface area contributed by atoms with Crippen molar-refractivity contribution in [2.24, 2.45) is 11.7 Å². The van der Waals surface area contributed by atoms with E-state index in [4.69, 9.17) is 10.8 Å². The summed E-state index contributed by atoms with van der Waals surface area (Å²) in [7, 11) is 0. The van der Waals surface area contributed by atoms with Gasteiger partial charge >= 0.3 is 0 Å². The summed E-state index contributed by atoms with van der Waals surface area (Å²) in [5.74, 6) is 1.64. The normalized spacial score (nSPS) is 16.5. The van der Waals surface area contributed by atoms with Crippen LogP contribution in [0.4, 0.5) is 0 Å². The molecule has 2 nitrogen and oxygen atoms in total. The molecule has 0 heterocycles. The molecule has 0 aliphatic carbocycles. The standard InChI is InChI=1S/C9H21NOS/c1-4-12-9(6-11)8(10)5-7(2)3/h7-9,11H,4-6,10H2,1-3H3. The van der Waals surface area contributed by atoms with Crippen LogP contribution in [-0.4, -0.2) is 28.8 Å². The molecule has 0 rings (SSSR count). The van der Waals surface area contributed by atoms with Crippen LogP contribution in [0.5, 0.6) is 0 Å². The van der Waals surface area contributed by atoms with Crippen LogP contribution >= 0.6 is 11.8 Å². The summed E-state index contributed by atoms with van der Waals surface area (Å²) in [4.78, 5) is 0. The van der Waals surface area contributed by atoms with E-state index in [1.807, 2.05) is 0 Å². The van der Waals surface area contributed by atoms with E-state index in [2.05, 4.69) is 20.8 Å². The molecule has 0 aromatic heterocycles. The Balaban J connectivity index is 3.76. The minimum Gasteiger partial charge on any atom is -0.395 e. The predicted molar refractivity (Wildman–Crippen MR) is 56.4 cm³/mol. The zero-order valence-electron chi connectivity index (χ0n) is 8.29. The van der Waals surface area contributed by atoms with Crippen molar-refractivity contribution in [3.05, 3.63) is 0 Å². The summed E-state index contributed by atoms with van der Waals surface area (Å²) in [5.41, 5.74) is 5.93. The van der Waals surface area contributed by atoms with Crippen LogP contribution in [0, 0.1) is 5.92 Å². The fraction of sp³-hybridized carbons (Fsp3) is 1.00. The molecule has 0 spiro atoms. The van der Waals surface area contributed by atoms with Gasteiger partial charge in [0.2, 0.25) is 0 Å². The van der Waals surface area contributed by atoms with E-state index < -0.39 is 0 Å². The van der Waals surface area contributed by atoms with E-state index in [9.17, 15) is 0 Å². The van der Waals surface area contributed by atoms with Crippen LogP contribution in [-0.2, 0) is 0 Å². The van der Waals surface area contributed by atoms with Gasteiger partial charge in [-0.3, -0.25) is 0 Å². The lowest BCUT2D eigenvalue weighted by Gasteiger charge is -2.22. The summed E-state index contributed by atoms with van der Waals surface area (Å²) in [6, 6.07) is 0.139. The van der Waals surface area contributed by atoms with E-state index in [1.165, 1.54) is 0 Å². The van der Waals surface area contributed by atoms with Crippen molar-refractivity contribution in [2.45, 2.75) is 38.5 Å². The van der Waals surface area contributed by atoms with E-state index >= 15 is 0 Å². The number of aliphatic hydroxyl groups excluding tert-OH is 1. The van der Waals surface area contributed by atoms with Gasteiger partial charge in [0.25, 0.3) is 0 Å². The second kappa shape index (κ2) is 6.75. The number of hydrogen-bond acceptors (Lipinski definition) is 3. The van der Waals surface area contributed by atoms with Gasteiger partial charge in [0.15, 0.2) is 0 Å². The second-order valence-corrected chi connectivity index (χ2v) is 4.99. The third-order valence-electron chi connectivity index (χ3n) is 1.78. The van der Waals surface area contributed by atoms with Gasteiger partial charge in [-0.25, -0.2) is 0 Å². The molecular formula is C9H21NOS. The summed E-state index contributed by atoms with van der Waals surface area (Å²) < 4.78 is 0. The average Bonchev–Trinajstić information content (AvgIpc) is 1.98. The molecule has 0 aromatic carbocycles. The lowest BCUT2D eigenvalue weighted by Crippen LogP contribution is -2.36. The van der Waals surface area contributed by atoms with E-state index in [0.29, 0.717) is 5.92 Å². The van der Waals surface area contributed by atoms with Crippen molar-refractivity contribution in [2.75, 3.05) is 12.4 Å². The molecular weight excluding hydrogens is 170 g/mol. The highest BCUT2D eigenvalue weighted by molar-refractivity contribution is 7.99. The molecule has 3 heteroatoms. The minimum atomic E-state index is 0.139. The van der Waals surface area contributed by atoms with Crippen molar-refractivity contribution in [1.29, 1.82) is 0 Å². The highest BCUT2D eigenvalue weighted by atomic mass is 32.2. The van der Waals surface area contributed by atoms with Gasteiger partial charge in [-0.2, -0.15) is 11.8 Å². The van der Waals surface area contributed by atoms with E-state index in [-0.39, 0.29) is 17.9 Å². The Hall–Kier alpha value is 0.270. The molecule has 0 aliphatic heterocycles. The maximum Gasteiger partial charge on any atom is 0.0565 e. The highest BCUT2D eigenvalue weighted by Crippen LogP contribution is 2.17. The van der Waals surface area contributed by atoms with Crippen LogP contribution in [0.3, 0.4) is 0 Å². The maximum atomic E-state index is 9.04. The highest BCUT2D eigenvalue weighted by Gasteiger charge is 2.17. The first kappa shape index (κ1) is 12.3. The summed E-state index contributed by atoms with van der Waals surface area (Å²) in [6.45, 7) is 6.61. The van der Waals surface area contributed by atoms with Crippen molar-refractivity contribution in [3.8, 4) is 0 Å². The molecule has 0 amide bonds. The molecule has 0 bridgehead atoms. The number of rotatable bonds is 6. The lowest BCUT2D eigenvalue weighted by molar-refractivity contribution is 0.275. The van der Waals surface area contributed by atoms with E-state index in [0.717, 1.165) is 12.2 Å². The molecule has 2 unspecified atom stereocenters. The predicted octanol–water partition coefficient (Wildman–Crippen LogP) is 1.47. The van der Waals surface area contributed by atoms with Crippen molar-refractivity contribution >= 4 is 11.8 Å². The molecule has 3 N–H and O–H groups in total. The van der Waals surface area contributed by atoms with Gasteiger partial charge in [0.05, 0.1) is 6.61 Å². The lowest BCUT2D eigenvalue weighted by atomic mass is 10.0. The molecule has 0 fully saturated rings. The molecule has 0 saturated carbocycles. The Morgan fingerprint density at radius 1 is 1.42 bits per heavy atom. The first-order valence-electron chi connectivity index (χ1n) is 4.59. The number of hydrogen-bond donors (Lipinski definition) is 2. The number of nitrogens with two attached hydrogens (primary N) is 1. The molecule has 0 aliphatic rings. The summed E-state index contributed by atoms with van der Waals surface area (Å²) >= 11 is 1.75. The third kappa shape index (κ3) is 5.01. The van der Waals surface area contributed by atoms with Crippen molar-refractivity contribution < 1.29 is 5.11 Å². The van der Waals surface area contributed by atoms with Gasteiger partial charge in [-0.1, -0.05) is 20.8 Å². The smallest absolute Gasteiger partial charge is 0.0565 e. The topological polar surface area (TPSA) is 46.2 Å². The SMILES string of the molecule is CCSC(CO)C(N)CC(C)C. The average molecular weight is 191 g/mol. The van der Waals surface area contributed by atoms with Gasteiger partial charge in [0.1, 0.15) is 0 Å². The fourth-order valence-corrected chi connectivity index (χ4v) is 2.11. The Bertz CT molecular complexity index is 109. The largest absolute Gasteiger partial charge is 0.395 e. The molecule has 0 saturated heterocycles. The number of thioether (sulfide) groups is 1. The van der Waals surface area contributed by atoms with Crippen LogP contribution in [0.15, 0.2) is 0 Å². The second-order valence-electron chi connectivity index (χ2n) is 3.47. The van der Waals surface area contributed by atoms with Gasteiger partial charge in [0, 0.05) is 11.3 Å². The van der Waals surface area contributed by atoms with Crippen LogP contribution in [0.25, 0.3) is 0 Å². The molecule has 0 aromatic rings. The van der Waals surface area contributed by atoms with E-state index in [1.54, 1.807) is 11.8 Å². The molecule has 74 valence electrons. The quantitative estimate of drug-likeness (QED) is 0.668. The van der Waals surface area contributed by atoms with Crippen molar-refractivity contribution in [3.63, 3.8) is 0 Å². The zero-order chi connectivity index (χ0) is 9.56. The Labute approximate surface area is 79.9 Å². The van der Waals surface area contributed by atoms with Gasteiger partial charge < -0.3 is 10.8 Å². The molecule has 2 atom stereocenters. The Morgan fingerprint density at radius 2 is 2.00 bits per heavy atom. The first-order valence-corrected chi connectivity index (χ1v) is 5.64. The monoisotopic (exact) mass is 191 g/mol. The summed E-state index contributed by atoms with van der Waals surface area (Å²) in [6.07, 6.45) is 0.998. The third-order valence-corrected chi connectivity index (χ3v) is 3.04. The van der Waals surface area contributed by atoms with Crippen molar-refractivity contribution in [1.82, 2.24) is 0 Å². The Morgan fingerprint density at radius 3 is 2.33 bits per heavy atom. The zero-order valence-corrected chi connectivity index (χ0v) is 9.10. The van der Waals surface area contributed by atoms with Crippen LogP contribution < -0.4 is 5.73 Å². The fourth-order valence-electron chi connectivity index (χ4n) is 1.22. The first-order chi connectivity index (χ1) is 5.61. The maximum absolute atomic E-state index is 9.04. The number of aliphatic hydroxyl groups is 1. The van der Waals surface area contributed by atoms with Crippen LogP contribution in [0.1, 0.15) is 27.2 Å². The Kier molecular flexibility index (Phi) is 6.90.